The Hall–Kier alpha value is -1.82. The van der Waals surface area contributed by atoms with Gasteiger partial charge in [-0.2, -0.15) is 0 Å². The van der Waals surface area contributed by atoms with E-state index in [1.165, 1.54) is 17.1 Å². The minimum absolute atomic E-state index is 0.0992. The fourth-order valence-corrected chi connectivity index (χ4v) is 3.80. The van der Waals surface area contributed by atoms with Gasteiger partial charge in [-0.15, -0.1) is 11.3 Å². The van der Waals surface area contributed by atoms with Crippen LogP contribution in [-0.2, 0) is 0 Å². The molecular formula is C16H18FN3OS. The van der Waals surface area contributed by atoms with Gasteiger partial charge in [0.15, 0.2) is 5.82 Å². The fraction of sp³-hybridized carbons (Fsp3) is 0.438. The molecule has 1 amide bonds. The lowest BCUT2D eigenvalue weighted by atomic mass is 9.98. The number of nitrogens with zero attached hydrogens (tertiary/aromatic N) is 3. The molecule has 3 heterocycles. The van der Waals surface area contributed by atoms with E-state index in [0.29, 0.717) is 13.1 Å². The number of amides is 1. The van der Waals surface area contributed by atoms with Gasteiger partial charge in [0.2, 0.25) is 0 Å². The molecule has 0 spiro atoms. The van der Waals surface area contributed by atoms with E-state index in [2.05, 4.69) is 16.9 Å². The molecule has 116 valence electrons. The Morgan fingerprint density at radius 3 is 2.95 bits per heavy atom. The molecule has 3 rings (SSSR count). The Morgan fingerprint density at radius 1 is 1.45 bits per heavy atom. The highest BCUT2D eigenvalue weighted by Gasteiger charge is 2.28. The zero-order valence-electron chi connectivity index (χ0n) is 12.7. The van der Waals surface area contributed by atoms with Crippen LogP contribution in [0.2, 0.25) is 0 Å². The summed E-state index contributed by atoms with van der Waals surface area (Å²) in [6, 6.07) is 1.44. The monoisotopic (exact) mass is 319 g/mol. The number of thiazole rings is 1. The first kappa shape index (κ1) is 15.1. The number of carbonyl (C=O) groups is 1. The Morgan fingerprint density at radius 2 is 2.27 bits per heavy atom. The summed E-state index contributed by atoms with van der Waals surface area (Å²) in [4.78, 5) is 23.8. The number of rotatable bonds is 2. The van der Waals surface area contributed by atoms with Gasteiger partial charge in [0, 0.05) is 30.1 Å². The normalized spacial score (nSPS) is 18.5. The van der Waals surface area contributed by atoms with Crippen LogP contribution in [-0.4, -0.2) is 33.9 Å². The van der Waals surface area contributed by atoms with Crippen LogP contribution in [0.25, 0.3) is 0 Å². The second-order valence-corrected chi connectivity index (χ2v) is 6.87. The zero-order valence-corrected chi connectivity index (χ0v) is 13.5. The van der Waals surface area contributed by atoms with Gasteiger partial charge in [-0.05, 0) is 32.8 Å². The van der Waals surface area contributed by atoms with Crippen molar-refractivity contribution in [2.45, 2.75) is 32.6 Å². The van der Waals surface area contributed by atoms with Crippen LogP contribution < -0.4 is 0 Å². The van der Waals surface area contributed by atoms with Crippen LogP contribution in [0.5, 0.6) is 0 Å². The van der Waals surface area contributed by atoms with Gasteiger partial charge in [-0.1, -0.05) is 0 Å². The molecule has 6 heteroatoms. The Bertz CT molecular complexity index is 681. The van der Waals surface area contributed by atoms with Crippen LogP contribution in [0.3, 0.4) is 0 Å². The molecule has 4 nitrogen and oxygen atoms in total. The second kappa shape index (κ2) is 6.12. The van der Waals surface area contributed by atoms with E-state index >= 15 is 0 Å². The number of piperidine rings is 1. The predicted octanol–water partition coefficient (Wildman–Crippen LogP) is 3.31. The number of halogens is 1. The van der Waals surface area contributed by atoms with E-state index in [-0.39, 0.29) is 17.4 Å². The highest BCUT2D eigenvalue weighted by atomic mass is 32.1. The van der Waals surface area contributed by atoms with Crippen molar-refractivity contribution < 1.29 is 9.18 Å². The molecule has 1 atom stereocenters. The minimum atomic E-state index is -0.560. The molecule has 0 bridgehead atoms. The molecule has 0 aromatic carbocycles. The van der Waals surface area contributed by atoms with Crippen molar-refractivity contribution in [3.63, 3.8) is 0 Å². The topological polar surface area (TPSA) is 46.1 Å². The van der Waals surface area contributed by atoms with Crippen molar-refractivity contribution in [1.29, 1.82) is 0 Å². The lowest BCUT2D eigenvalue weighted by Crippen LogP contribution is -2.39. The van der Waals surface area contributed by atoms with E-state index < -0.39 is 5.82 Å². The molecular weight excluding hydrogens is 301 g/mol. The summed E-state index contributed by atoms with van der Waals surface area (Å²) in [6.45, 7) is 5.34. The maximum Gasteiger partial charge on any atom is 0.256 e. The van der Waals surface area contributed by atoms with Crippen molar-refractivity contribution in [2.24, 2.45) is 0 Å². The molecule has 0 aliphatic carbocycles. The van der Waals surface area contributed by atoms with Crippen LogP contribution >= 0.6 is 11.3 Å². The summed E-state index contributed by atoms with van der Waals surface area (Å²) in [5.41, 5.74) is 1.16. The van der Waals surface area contributed by atoms with Gasteiger partial charge < -0.3 is 4.90 Å². The van der Waals surface area contributed by atoms with Crippen LogP contribution in [0.1, 0.15) is 44.7 Å². The number of likely N-dealkylation sites (tertiary alicyclic amines) is 1. The number of aromatic nitrogens is 2. The van der Waals surface area contributed by atoms with Crippen molar-refractivity contribution >= 4 is 17.2 Å². The summed E-state index contributed by atoms with van der Waals surface area (Å²) in [7, 11) is 0. The third-order valence-corrected chi connectivity index (χ3v) is 5.34. The number of pyridine rings is 1. The molecule has 1 aliphatic rings. The molecule has 2 aromatic rings. The third-order valence-electron chi connectivity index (χ3n) is 4.11. The molecule has 0 saturated carbocycles. The largest absolute Gasteiger partial charge is 0.338 e. The zero-order chi connectivity index (χ0) is 15.7. The van der Waals surface area contributed by atoms with Gasteiger partial charge in [0.1, 0.15) is 0 Å². The van der Waals surface area contributed by atoms with Crippen LogP contribution in [0, 0.1) is 19.7 Å². The summed E-state index contributed by atoms with van der Waals surface area (Å²) in [5, 5.41) is 1.09. The van der Waals surface area contributed by atoms with E-state index in [1.807, 2.05) is 6.92 Å². The summed E-state index contributed by atoms with van der Waals surface area (Å²) in [5.74, 6) is -0.565. The standard InChI is InChI=1S/C16H18FN3OS/c1-10-11(2)22-15(19-10)12-4-3-7-20(9-12)16(21)13-5-6-18-8-14(13)17/h5-6,8,12H,3-4,7,9H2,1-2H3/t12-/m1/s1. The maximum absolute atomic E-state index is 13.8. The molecule has 2 aromatic heterocycles. The highest BCUT2D eigenvalue weighted by Crippen LogP contribution is 2.31. The Balaban J connectivity index is 1.78. The molecule has 0 unspecified atom stereocenters. The van der Waals surface area contributed by atoms with E-state index in [4.69, 9.17) is 0 Å². The van der Waals surface area contributed by atoms with Gasteiger partial charge in [-0.3, -0.25) is 9.78 Å². The number of carbonyl (C=O) groups excluding carboxylic acids is 1. The third kappa shape index (κ3) is 2.88. The van der Waals surface area contributed by atoms with Gasteiger partial charge >= 0.3 is 0 Å². The highest BCUT2D eigenvalue weighted by molar-refractivity contribution is 7.11. The van der Waals surface area contributed by atoms with E-state index in [9.17, 15) is 9.18 Å². The molecule has 1 fully saturated rings. The Labute approximate surface area is 133 Å². The van der Waals surface area contributed by atoms with Crippen molar-refractivity contribution in [3.05, 3.63) is 45.4 Å². The molecule has 0 N–H and O–H groups in total. The minimum Gasteiger partial charge on any atom is -0.338 e. The predicted molar refractivity (Wildman–Crippen MR) is 83.7 cm³/mol. The maximum atomic E-state index is 13.8. The summed E-state index contributed by atoms with van der Waals surface area (Å²) in [6.07, 6.45) is 4.48. The smallest absolute Gasteiger partial charge is 0.256 e. The average molecular weight is 319 g/mol. The number of hydrogen-bond acceptors (Lipinski definition) is 4. The number of hydrogen-bond donors (Lipinski definition) is 0. The first-order chi connectivity index (χ1) is 10.6. The quantitative estimate of drug-likeness (QED) is 0.853. The average Bonchev–Trinajstić information content (AvgIpc) is 2.87. The molecule has 1 aliphatic heterocycles. The van der Waals surface area contributed by atoms with Gasteiger partial charge in [0.25, 0.3) is 5.91 Å². The SMILES string of the molecule is Cc1nc([C@@H]2CCCN(C(=O)c3ccncc3F)C2)sc1C. The van der Waals surface area contributed by atoms with Crippen molar-refractivity contribution in [2.75, 3.05) is 13.1 Å². The van der Waals surface area contributed by atoms with Crippen LogP contribution in [0.4, 0.5) is 4.39 Å². The molecule has 22 heavy (non-hydrogen) atoms. The van der Waals surface area contributed by atoms with Gasteiger partial charge in [0.05, 0.1) is 22.5 Å². The van der Waals surface area contributed by atoms with Crippen molar-refractivity contribution in [3.8, 4) is 0 Å². The Kier molecular flexibility index (Phi) is 4.20. The summed E-state index contributed by atoms with van der Waals surface area (Å²) >= 11 is 1.70. The summed E-state index contributed by atoms with van der Waals surface area (Å²) < 4.78 is 13.8. The van der Waals surface area contributed by atoms with Crippen LogP contribution in [0.15, 0.2) is 18.5 Å². The molecule has 1 saturated heterocycles. The lowest BCUT2D eigenvalue weighted by molar-refractivity contribution is 0.0702. The lowest BCUT2D eigenvalue weighted by Gasteiger charge is -2.32. The second-order valence-electron chi connectivity index (χ2n) is 5.64. The van der Waals surface area contributed by atoms with E-state index in [0.717, 1.165) is 29.7 Å². The first-order valence-electron chi connectivity index (χ1n) is 7.39. The van der Waals surface area contributed by atoms with Crippen molar-refractivity contribution in [1.82, 2.24) is 14.9 Å². The fourth-order valence-electron chi connectivity index (χ4n) is 2.75. The number of aryl methyl sites for hydroxylation is 2. The van der Waals surface area contributed by atoms with Gasteiger partial charge in [-0.25, -0.2) is 9.37 Å². The first-order valence-corrected chi connectivity index (χ1v) is 8.20. The van der Waals surface area contributed by atoms with E-state index in [1.54, 1.807) is 16.2 Å². The molecule has 0 radical (unpaired) electrons.